The summed E-state index contributed by atoms with van der Waals surface area (Å²) in [7, 11) is 1.53. The molecule has 4 rings (SSSR count). The number of nitrogens with zero attached hydrogens (tertiary/aromatic N) is 2. The first-order valence-corrected chi connectivity index (χ1v) is 14.2. The van der Waals surface area contributed by atoms with Crippen LogP contribution in [0.2, 0.25) is 0 Å². The van der Waals surface area contributed by atoms with Crippen molar-refractivity contribution in [2.45, 2.75) is 74.0 Å². The van der Waals surface area contributed by atoms with Crippen molar-refractivity contribution >= 4 is 23.6 Å². The number of aliphatic hydroxyl groups is 1. The van der Waals surface area contributed by atoms with E-state index in [-0.39, 0.29) is 6.42 Å². The molecule has 6 nitrogen and oxygen atoms in total. The molecular formula is C31H41FN2O4S. The molecule has 39 heavy (non-hydrogen) atoms. The van der Waals surface area contributed by atoms with Crippen LogP contribution in [0.4, 0.5) is 10.1 Å². The van der Waals surface area contributed by atoms with Gasteiger partial charge in [0.05, 0.1) is 37.1 Å². The molecule has 1 aliphatic heterocycles. The lowest BCUT2D eigenvalue weighted by Crippen LogP contribution is -2.24. The predicted octanol–water partition coefficient (Wildman–Crippen LogP) is 7.52. The zero-order valence-corrected chi connectivity index (χ0v) is 25.5. The Labute approximate surface area is 236 Å². The standard InChI is InChI=1S/C25H25FN2O3S.C4H10O.C2H6/c1-13-6-8-16(9-7-13)22-15(3)23-24-18(27-20(26)11-19(24)31-4)12-28(32-5)25(23)14(2)17(22)10-21(29)30;1-4(2,3)5;1-2/h6-9,11H,10,12H2,1-5H3,(H,29,30);5H,1-3H3;1-2H3. The number of halogens is 1. The van der Waals surface area contributed by atoms with Gasteiger partial charge in [0.2, 0.25) is 5.95 Å². The lowest BCUT2D eigenvalue weighted by molar-refractivity contribution is -0.136. The van der Waals surface area contributed by atoms with Crippen LogP contribution in [0.5, 0.6) is 5.75 Å². The maximum atomic E-state index is 14.2. The van der Waals surface area contributed by atoms with Crippen LogP contribution in [0.25, 0.3) is 22.3 Å². The summed E-state index contributed by atoms with van der Waals surface area (Å²) < 4.78 is 21.9. The summed E-state index contributed by atoms with van der Waals surface area (Å²) in [5.74, 6) is -1.03. The summed E-state index contributed by atoms with van der Waals surface area (Å²) in [5, 5.41) is 18.2. The van der Waals surface area contributed by atoms with Crippen molar-refractivity contribution in [2.75, 3.05) is 17.7 Å². The third-order valence-electron chi connectivity index (χ3n) is 6.02. The maximum Gasteiger partial charge on any atom is 0.307 e. The van der Waals surface area contributed by atoms with Crippen molar-refractivity contribution in [3.05, 3.63) is 64.2 Å². The molecule has 0 saturated heterocycles. The number of aliphatic carboxylic acids is 1. The molecule has 2 aromatic carbocycles. The number of ether oxygens (including phenoxy) is 1. The summed E-state index contributed by atoms with van der Waals surface area (Å²) in [6.45, 7) is 15.6. The van der Waals surface area contributed by atoms with E-state index in [2.05, 4.69) is 9.29 Å². The number of hydrogen-bond donors (Lipinski definition) is 2. The van der Waals surface area contributed by atoms with Gasteiger partial charge in [-0.25, -0.2) is 4.98 Å². The van der Waals surface area contributed by atoms with Crippen LogP contribution in [-0.2, 0) is 17.8 Å². The Morgan fingerprint density at radius 2 is 1.64 bits per heavy atom. The van der Waals surface area contributed by atoms with Gasteiger partial charge in [-0.1, -0.05) is 55.6 Å². The van der Waals surface area contributed by atoms with Gasteiger partial charge in [0, 0.05) is 23.4 Å². The molecule has 0 bridgehead atoms. The smallest absolute Gasteiger partial charge is 0.307 e. The molecule has 0 aliphatic carbocycles. The van der Waals surface area contributed by atoms with E-state index in [0.717, 1.165) is 50.2 Å². The van der Waals surface area contributed by atoms with Gasteiger partial charge in [0.15, 0.2) is 0 Å². The van der Waals surface area contributed by atoms with Gasteiger partial charge in [0.1, 0.15) is 5.75 Å². The summed E-state index contributed by atoms with van der Waals surface area (Å²) in [4.78, 5) is 16.0. The largest absolute Gasteiger partial charge is 0.496 e. The molecule has 212 valence electrons. The van der Waals surface area contributed by atoms with Crippen molar-refractivity contribution in [1.82, 2.24) is 4.98 Å². The second-order valence-corrected chi connectivity index (χ2v) is 10.9. The number of aryl methyl sites for hydroxylation is 1. The number of hydrogen-bond acceptors (Lipinski definition) is 6. The van der Waals surface area contributed by atoms with E-state index in [1.807, 2.05) is 65.1 Å². The molecule has 1 aliphatic rings. The van der Waals surface area contributed by atoms with Crippen molar-refractivity contribution in [1.29, 1.82) is 0 Å². The van der Waals surface area contributed by atoms with Crippen LogP contribution >= 0.6 is 11.9 Å². The number of fused-ring (bicyclic) bond motifs is 3. The average molecular weight is 557 g/mol. The second-order valence-electron chi connectivity index (χ2n) is 10.1. The fourth-order valence-corrected chi connectivity index (χ4v) is 5.26. The molecule has 0 spiro atoms. The van der Waals surface area contributed by atoms with Gasteiger partial charge >= 0.3 is 5.97 Å². The lowest BCUT2D eigenvalue weighted by Gasteiger charge is -2.35. The first kappa shape index (κ1) is 32.1. The Morgan fingerprint density at radius 1 is 1.08 bits per heavy atom. The van der Waals surface area contributed by atoms with Gasteiger partial charge in [-0.15, -0.1) is 0 Å². The van der Waals surface area contributed by atoms with Crippen LogP contribution in [0.15, 0.2) is 30.3 Å². The van der Waals surface area contributed by atoms with Crippen LogP contribution in [0.3, 0.4) is 0 Å². The number of carbonyl (C=O) groups is 1. The zero-order valence-electron chi connectivity index (χ0n) is 24.7. The number of rotatable bonds is 5. The average Bonchev–Trinajstić information content (AvgIpc) is 2.86. The molecule has 2 N–H and O–H groups in total. The summed E-state index contributed by atoms with van der Waals surface area (Å²) in [5.41, 5.74) is 8.30. The van der Waals surface area contributed by atoms with Gasteiger partial charge in [-0.2, -0.15) is 4.39 Å². The van der Waals surface area contributed by atoms with Crippen LogP contribution in [0, 0.1) is 26.7 Å². The number of carboxylic acids is 1. The Kier molecular flexibility index (Phi) is 11.0. The van der Waals surface area contributed by atoms with Gasteiger partial charge in [0.25, 0.3) is 0 Å². The van der Waals surface area contributed by atoms with Gasteiger partial charge < -0.3 is 19.3 Å². The Bertz CT molecular complexity index is 1310. The Hall–Kier alpha value is -3.10. The summed E-state index contributed by atoms with van der Waals surface area (Å²) in [6.07, 6.45) is 1.86. The number of carboxylic acid groups (broad SMARTS) is 1. The number of aromatic nitrogens is 1. The molecule has 0 fully saturated rings. The van der Waals surface area contributed by atoms with E-state index in [4.69, 9.17) is 9.84 Å². The minimum Gasteiger partial charge on any atom is -0.496 e. The molecule has 0 amide bonds. The van der Waals surface area contributed by atoms with E-state index < -0.39 is 17.5 Å². The molecule has 0 saturated carbocycles. The zero-order chi connectivity index (χ0) is 29.7. The Balaban J connectivity index is 0.000000686. The fraction of sp³-hybridized carbons (Fsp3) is 0.419. The summed E-state index contributed by atoms with van der Waals surface area (Å²) in [6, 6.07) is 9.39. The molecule has 0 atom stereocenters. The Morgan fingerprint density at radius 3 is 2.13 bits per heavy atom. The number of anilines is 1. The van der Waals surface area contributed by atoms with E-state index in [9.17, 15) is 14.3 Å². The molecule has 3 aromatic rings. The molecule has 0 unspecified atom stereocenters. The van der Waals surface area contributed by atoms with Crippen LogP contribution in [0.1, 0.15) is 62.6 Å². The van der Waals surface area contributed by atoms with Crippen molar-refractivity contribution < 1.29 is 24.1 Å². The highest BCUT2D eigenvalue weighted by molar-refractivity contribution is 7.99. The van der Waals surface area contributed by atoms with Crippen LogP contribution in [-0.4, -0.2) is 40.1 Å². The second kappa shape index (κ2) is 13.3. The number of methoxy groups -OCH3 is 1. The van der Waals surface area contributed by atoms with E-state index in [0.29, 0.717) is 18.0 Å². The van der Waals surface area contributed by atoms with E-state index >= 15 is 0 Å². The first-order valence-electron chi connectivity index (χ1n) is 13.0. The highest BCUT2D eigenvalue weighted by atomic mass is 32.2. The third-order valence-corrected chi connectivity index (χ3v) is 6.78. The normalized spacial score (nSPS) is 11.8. The van der Waals surface area contributed by atoms with E-state index in [1.165, 1.54) is 25.1 Å². The van der Waals surface area contributed by atoms with Crippen molar-refractivity contribution in [2.24, 2.45) is 0 Å². The molecular weight excluding hydrogens is 515 g/mol. The topological polar surface area (TPSA) is 82.9 Å². The number of pyridine rings is 1. The molecule has 0 radical (unpaired) electrons. The summed E-state index contributed by atoms with van der Waals surface area (Å²) >= 11 is 1.51. The van der Waals surface area contributed by atoms with E-state index in [1.54, 1.807) is 20.8 Å². The lowest BCUT2D eigenvalue weighted by atomic mass is 9.81. The highest BCUT2D eigenvalue weighted by Crippen LogP contribution is 2.52. The molecule has 2 heterocycles. The van der Waals surface area contributed by atoms with Crippen LogP contribution < -0.4 is 9.04 Å². The minimum absolute atomic E-state index is 0.0863. The quantitative estimate of drug-likeness (QED) is 0.248. The minimum atomic E-state index is -0.881. The van der Waals surface area contributed by atoms with Crippen molar-refractivity contribution in [3.63, 3.8) is 0 Å². The molecule has 1 aromatic heterocycles. The highest BCUT2D eigenvalue weighted by Gasteiger charge is 2.33. The van der Waals surface area contributed by atoms with Gasteiger partial charge in [-0.05, 0) is 69.4 Å². The monoisotopic (exact) mass is 556 g/mol. The van der Waals surface area contributed by atoms with Gasteiger partial charge in [-0.3, -0.25) is 4.79 Å². The SMILES string of the molecule is CC.CC(C)(C)O.COc1cc(F)nc2c1-c1c(C)c(-c3ccc(C)cc3)c(CC(=O)O)c(C)c1N(SC)C2. The predicted molar refractivity (Wildman–Crippen MR) is 160 cm³/mol. The number of benzene rings is 2. The van der Waals surface area contributed by atoms with Crippen molar-refractivity contribution in [3.8, 4) is 28.0 Å². The fourth-order valence-electron chi connectivity index (χ4n) is 4.60. The third kappa shape index (κ3) is 7.51. The first-order chi connectivity index (χ1) is 18.3. The maximum absolute atomic E-state index is 14.2. The molecule has 8 heteroatoms.